The zero-order valence-corrected chi connectivity index (χ0v) is 17.8. The molecule has 2 aliphatic heterocycles. The largest absolute Gasteiger partial charge is 0.479 e. The molecule has 1 aromatic heterocycles. The molecule has 0 spiro atoms. The van der Waals surface area contributed by atoms with Gasteiger partial charge >= 0.3 is 0 Å². The molecule has 0 aliphatic carbocycles. The van der Waals surface area contributed by atoms with Crippen LogP contribution in [0.25, 0.3) is 0 Å². The van der Waals surface area contributed by atoms with Crippen LogP contribution in [0.15, 0.2) is 30.3 Å². The number of ketones is 1. The van der Waals surface area contributed by atoms with E-state index in [-0.39, 0.29) is 41.7 Å². The van der Waals surface area contributed by atoms with Crippen molar-refractivity contribution < 1.29 is 23.9 Å². The van der Waals surface area contributed by atoms with Gasteiger partial charge in [-0.15, -0.1) is 0 Å². The van der Waals surface area contributed by atoms with Gasteiger partial charge in [0.25, 0.3) is 11.8 Å². The number of nitrogen functional groups attached to an aromatic ring is 1. The Bertz CT molecular complexity index is 1080. The molecule has 9 heteroatoms. The quantitative estimate of drug-likeness (QED) is 0.747. The number of hydrogen-bond acceptors (Lipinski definition) is 7. The van der Waals surface area contributed by atoms with E-state index in [1.165, 1.54) is 9.80 Å². The van der Waals surface area contributed by atoms with Crippen LogP contribution >= 0.6 is 0 Å². The van der Waals surface area contributed by atoms with Crippen molar-refractivity contribution >= 4 is 34.9 Å². The van der Waals surface area contributed by atoms with Gasteiger partial charge in [0, 0.05) is 12.6 Å². The van der Waals surface area contributed by atoms with E-state index >= 15 is 0 Å². The van der Waals surface area contributed by atoms with E-state index in [0.717, 1.165) is 0 Å². The molecule has 31 heavy (non-hydrogen) atoms. The summed E-state index contributed by atoms with van der Waals surface area (Å²) < 4.78 is 11.4. The molecule has 0 saturated heterocycles. The minimum absolute atomic E-state index is 0.0987. The second-order valence-corrected chi connectivity index (χ2v) is 8.03. The van der Waals surface area contributed by atoms with Crippen LogP contribution in [-0.4, -0.2) is 48.4 Å². The summed E-state index contributed by atoms with van der Waals surface area (Å²) in [6.45, 7) is 5.18. The molecular formula is C22H24N4O5. The number of carbonyl (C=O) groups excluding carboxylic acids is 3. The molecule has 9 nitrogen and oxygen atoms in total. The number of rotatable bonds is 4. The number of benzene rings is 1. The number of hydrogen-bond donors (Lipinski definition) is 1. The van der Waals surface area contributed by atoms with Gasteiger partial charge in [0.05, 0.1) is 12.2 Å². The molecule has 4 rings (SSSR count). The van der Waals surface area contributed by atoms with Crippen molar-refractivity contribution in [1.29, 1.82) is 0 Å². The fraction of sp³-hybridized carbons (Fsp3) is 0.364. The molecule has 2 amide bonds. The lowest BCUT2D eigenvalue weighted by atomic mass is 10.0. The first-order valence-electron chi connectivity index (χ1n) is 10.0. The number of ether oxygens (including phenoxy) is 2. The maximum atomic E-state index is 13.1. The lowest BCUT2D eigenvalue weighted by Gasteiger charge is -2.35. The van der Waals surface area contributed by atoms with Crippen LogP contribution in [0.2, 0.25) is 0 Å². The predicted molar refractivity (Wildman–Crippen MR) is 115 cm³/mol. The SMILES string of the molecule is CC1Oc2ccc(C(=O)CN3C(=O)C(C(C)C)Oc4ccc(N)nc43)cc2N(C)C1=O. The molecule has 3 heterocycles. The molecule has 2 aliphatic rings. The highest BCUT2D eigenvalue weighted by atomic mass is 16.5. The molecule has 2 atom stereocenters. The number of anilines is 3. The Morgan fingerprint density at radius 2 is 1.84 bits per heavy atom. The third-order valence-corrected chi connectivity index (χ3v) is 5.41. The zero-order chi connectivity index (χ0) is 22.4. The number of nitrogens with zero attached hydrogens (tertiary/aromatic N) is 3. The Balaban J connectivity index is 1.66. The van der Waals surface area contributed by atoms with Crippen LogP contribution in [0, 0.1) is 5.92 Å². The Morgan fingerprint density at radius 1 is 1.13 bits per heavy atom. The third-order valence-electron chi connectivity index (χ3n) is 5.41. The van der Waals surface area contributed by atoms with E-state index in [4.69, 9.17) is 15.2 Å². The van der Waals surface area contributed by atoms with Crippen LogP contribution in [0.4, 0.5) is 17.3 Å². The van der Waals surface area contributed by atoms with Crippen molar-refractivity contribution in [2.24, 2.45) is 5.92 Å². The first kappa shape index (κ1) is 20.6. The molecule has 2 N–H and O–H groups in total. The van der Waals surface area contributed by atoms with Gasteiger partial charge in [0.1, 0.15) is 11.6 Å². The lowest BCUT2D eigenvalue weighted by Crippen LogP contribution is -2.50. The molecule has 0 saturated carbocycles. The van der Waals surface area contributed by atoms with Crippen molar-refractivity contribution in [3.8, 4) is 11.5 Å². The maximum absolute atomic E-state index is 13.1. The van der Waals surface area contributed by atoms with Gasteiger partial charge in [-0.25, -0.2) is 4.98 Å². The van der Waals surface area contributed by atoms with E-state index in [1.54, 1.807) is 44.3 Å². The standard InChI is InChI=1S/C22H24N4O5/c1-11(2)19-22(29)26(20-17(31-19)7-8-18(23)24-20)10-15(27)13-5-6-16-14(9-13)25(4)21(28)12(3)30-16/h5-9,11-12,19H,10H2,1-4H3,(H2,23,24). The number of likely N-dealkylation sites (N-methyl/N-ethyl adjacent to an activating group) is 1. The van der Waals surface area contributed by atoms with Gasteiger partial charge in [-0.05, 0) is 43.2 Å². The minimum Gasteiger partial charge on any atom is -0.479 e. The molecule has 1 aromatic carbocycles. The fourth-order valence-electron chi connectivity index (χ4n) is 3.67. The molecule has 2 unspecified atom stereocenters. The van der Waals surface area contributed by atoms with Crippen molar-refractivity contribution in [1.82, 2.24) is 4.98 Å². The van der Waals surface area contributed by atoms with E-state index < -0.39 is 12.2 Å². The molecule has 2 aromatic rings. The molecular weight excluding hydrogens is 400 g/mol. The Morgan fingerprint density at radius 3 is 2.55 bits per heavy atom. The highest BCUT2D eigenvalue weighted by Gasteiger charge is 2.38. The second kappa shape index (κ2) is 7.57. The summed E-state index contributed by atoms with van der Waals surface area (Å²) in [6, 6.07) is 8.11. The highest BCUT2D eigenvalue weighted by Crippen LogP contribution is 2.36. The van der Waals surface area contributed by atoms with Crippen molar-refractivity contribution in [3.05, 3.63) is 35.9 Å². The third kappa shape index (κ3) is 3.56. The van der Waals surface area contributed by atoms with Crippen LogP contribution < -0.4 is 25.0 Å². The fourth-order valence-corrected chi connectivity index (χ4v) is 3.67. The van der Waals surface area contributed by atoms with Gasteiger partial charge in [0.15, 0.2) is 29.6 Å². The topological polar surface area (TPSA) is 115 Å². The highest BCUT2D eigenvalue weighted by molar-refractivity contribution is 6.09. The smallest absolute Gasteiger partial charge is 0.270 e. The average molecular weight is 424 g/mol. The monoisotopic (exact) mass is 424 g/mol. The summed E-state index contributed by atoms with van der Waals surface area (Å²) >= 11 is 0. The summed E-state index contributed by atoms with van der Waals surface area (Å²) in [6.07, 6.45) is -1.32. The summed E-state index contributed by atoms with van der Waals surface area (Å²) in [7, 11) is 1.64. The van der Waals surface area contributed by atoms with Gasteiger partial charge < -0.3 is 20.1 Å². The van der Waals surface area contributed by atoms with Crippen LogP contribution in [0.1, 0.15) is 31.1 Å². The van der Waals surface area contributed by atoms with E-state index in [0.29, 0.717) is 22.7 Å². The van der Waals surface area contributed by atoms with Gasteiger partial charge in [-0.3, -0.25) is 19.3 Å². The first-order valence-corrected chi connectivity index (χ1v) is 10.0. The zero-order valence-electron chi connectivity index (χ0n) is 17.8. The Hall–Kier alpha value is -3.62. The van der Waals surface area contributed by atoms with E-state index in [1.807, 2.05) is 13.8 Å². The van der Waals surface area contributed by atoms with Gasteiger partial charge in [-0.2, -0.15) is 0 Å². The Kier molecular flexibility index (Phi) is 5.04. The van der Waals surface area contributed by atoms with Crippen LogP contribution in [-0.2, 0) is 9.59 Å². The number of fused-ring (bicyclic) bond motifs is 2. The maximum Gasteiger partial charge on any atom is 0.270 e. The number of nitrogens with two attached hydrogens (primary N) is 1. The van der Waals surface area contributed by atoms with Crippen LogP contribution in [0.5, 0.6) is 11.5 Å². The average Bonchev–Trinajstić information content (AvgIpc) is 2.73. The lowest BCUT2D eigenvalue weighted by molar-refractivity contribution is -0.128. The number of Topliss-reactive ketones (excluding diaryl/α,β-unsaturated/α-hetero) is 1. The minimum atomic E-state index is -0.729. The molecule has 0 radical (unpaired) electrons. The molecule has 0 fully saturated rings. The van der Waals surface area contributed by atoms with Crippen LogP contribution in [0.3, 0.4) is 0 Å². The summed E-state index contributed by atoms with van der Waals surface area (Å²) in [4.78, 5) is 45.4. The van der Waals surface area contributed by atoms with E-state index in [2.05, 4.69) is 4.98 Å². The molecule has 0 bridgehead atoms. The van der Waals surface area contributed by atoms with Gasteiger partial charge in [-0.1, -0.05) is 13.8 Å². The van der Waals surface area contributed by atoms with Crippen molar-refractivity contribution in [3.63, 3.8) is 0 Å². The Labute approximate surface area is 179 Å². The molecule has 162 valence electrons. The predicted octanol–water partition coefficient (Wildman–Crippen LogP) is 2.04. The number of carbonyl (C=O) groups is 3. The summed E-state index contributed by atoms with van der Waals surface area (Å²) in [5.41, 5.74) is 6.65. The summed E-state index contributed by atoms with van der Waals surface area (Å²) in [5.74, 6) is 0.402. The number of pyridine rings is 1. The second-order valence-electron chi connectivity index (χ2n) is 8.03. The normalized spacial score (nSPS) is 20.2. The number of aromatic nitrogens is 1. The van der Waals surface area contributed by atoms with Crippen molar-refractivity contribution in [2.45, 2.75) is 33.0 Å². The van der Waals surface area contributed by atoms with E-state index in [9.17, 15) is 14.4 Å². The number of amides is 2. The van der Waals surface area contributed by atoms with Crippen molar-refractivity contribution in [2.75, 3.05) is 29.1 Å². The van der Waals surface area contributed by atoms with Gasteiger partial charge in [0.2, 0.25) is 0 Å². The summed E-state index contributed by atoms with van der Waals surface area (Å²) in [5, 5.41) is 0. The first-order chi connectivity index (χ1) is 14.7.